The molecule has 0 N–H and O–H groups in total. The van der Waals surface area contributed by atoms with E-state index in [0.717, 1.165) is 18.2 Å². The zero-order chi connectivity index (χ0) is 7.33. The summed E-state index contributed by atoms with van der Waals surface area (Å²) in [4.78, 5) is 0. The minimum atomic E-state index is 0.367. The number of hydrogen-bond acceptors (Lipinski definition) is 0. The van der Waals surface area contributed by atoms with Crippen molar-refractivity contribution < 1.29 is 0 Å². The van der Waals surface area contributed by atoms with Crippen molar-refractivity contribution in [2.45, 2.75) is 26.7 Å². The first-order chi connectivity index (χ1) is 4.12. The molecule has 0 aliphatic heterocycles. The third-order valence-corrected chi connectivity index (χ3v) is 2.83. The second-order valence-electron chi connectivity index (χ2n) is 3.00. The molecule has 0 fully saturated rings. The van der Waals surface area contributed by atoms with Crippen molar-refractivity contribution >= 4 is 15.9 Å². The van der Waals surface area contributed by atoms with E-state index >= 15 is 0 Å². The van der Waals surface area contributed by atoms with Crippen LogP contribution < -0.4 is 0 Å². The zero-order valence-corrected chi connectivity index (χ0v) is 7.66. The Morgan fingerprint density at radius 2 is 2.11 bits per heavy atom. The van der Waals surface area contributed by atoms with Crippen molar-refractivity contribution in [2.75, 3.05) is 5.33 Å². The van der Waals surface area contributed by atoms with Crippen LogP contribution in [-0.2, 0) is 0 Å². The summed E-state index contributed by atoms with van der Waals surface area (Å²) in [5.41, 5.74) is 0.367. The van der Waals surface area contributed by atoms with E-state index in [-0.39, 0.29) is 0 Å². The van der Waals surface area contributed by atoms with Gasteiger partial charge in [-0.3, -0.25) is 0 Å². The van der Waals surface area contributed by atoms with Gasteiger partial charge in [-0.15, -0.1) is 12.3 Å². The molecule has 0 amide bonds. The fourth-order valence-corrected chi connectivity index (χ4v) is 0.758. The topological polar surface area (TPSA) is 0 Å². The van der Waals surface area contributed by atoms with Gasteiger partial charge in [0.2, 0.25) is 0 Å². The highest BCUT2D eigenvalue weighted by Crippen LogP contribution is 2.23. The van der Waals surface area contributed by atoms with Gasteiger partial charge in [0, 0.05) is 11.8 Å². The predicted molar refractivity (Wildman–Crippen MR) is 45.6 cm³/mol. The minimum Gasteiger partial charge on any atom is -0.120 e. The third kappa shape index (κ3) is 4.54. The zero-order valence-electron chi connectivity index (χ0n) is 6.08. The van der Waals surface area contributed by atoms with Gasteiger partial charge in [0.05, 0.1) is 0 Å². The normalized spacial score (nSPS) is 10.9. The van der Waals surface area contributed by atoms with Gasteiger partial charge >= 0.3 is 0 Å². The van der Waals surface area contributed by atoms with Crippen LogP contribution in [0.4, 0.5) is 0 Å². The summed E-state index contributed by atoms with van der Waals surface area (Å²) in [6.07, 6.45) is 7.12. The first kappa shape index (κ1) is 9.04. The smallest absolute Gasteiger partial charge is 0.00914 e. The molecule has 0 saturated heterocycles. The van der Waals surface area contributed by atoms with Crippen LogP contribution in [0.2, 0.25) is 0 Å². The maximum absolute atomic E-state index is 5.13. The van der Waals surface area contributed by atoms with E-state index in [1.54, 1.807) is 0 Å². The van der Waals surface area contributed by atoms with E-state index in [4.69, 9.17) is 6.42 Å². The molecule has 52 valence electrons. The molecular formula is C8H13Br. The summed E-state index contributed by atoms with van der Waals surface area (Å²) in [7, 11) is 0. The maximum Gasteiger partial charge on any atom is 0.00914 e. The summed E-state index contributed by atoms with van der Waals surface area (Å²) >= 11 is 3.43. The van der Waals surface area contributed by atoms with Crippen LogP contribution in [0.1, 0.15) is 26.7 Å². The van der Waals surface area contributed by atoms with Crippen LogP contribution in [0.25, 0.3) is 0 Å². The van der Waals surface area contributed by atoms with Crippen molar-refractivity contribution in [3.63, 3.8) is 0 Å². The summed E-state index contributed by atoms with van der Waals surface area (Å²) in [6, 6.07) is 0. The van der Waals surface area contributed by atoms with Gasteiger partial charge in [0.1, 0.15) is 0 Å². The molecule has 0 rings (SSSR count). The van der Waals surface area contributed by atoms with Gasteiger partial charge < -0.3 is 0 Å². The Morgan fingerprint density at radius 1 is 1.56 bits per heavy atom. The number of rotatable bonds is 3. The molecule has 0 aliphatic carbocycles. The molecule has 0 aromatic rings. The first-order valence-electron chi connectivity index (χ1n) is 3.12. The Bertz CT molecular complexity index is 108. The summed E-state index contributed by atoms with van der Waals surface area (Å²) in [6.45, 7) is 4.41. The average Bonchev–Trinajstić information content (AvgIpc) is 1.84. The molecule has 0 nitrogen and oxygen atoms in total. The molecule has 0 saturated carbocycles. The van der Waals surface area contributed by atoms with Gasteiger partial charge in [-0.1, -0.05) is 29.8 Å². The molecule has 0 heterocycles. The van der Waals surface area contributed by atoms with E-state index in [0.29, 0.717) is 5.41 Å². The molecule has 0 bridgehead atoms. The van der Waals surface area contributed by atoms with Gasteiger partial charge in [-0.25, -0.2) is 0 Å². The molecule has 1 heteroatoms. The van der Waals surface area contributed by atoms with Crippen molar-refractivity contribution in [1.82, 2.24) is 0 Å². The number of halogens is 1. The second kappa shape index (κ2) is 3.95. The lowest BCUT2D eigenvalue weighted by molar-refractivity contribution is 0.397. The fourth-order valence-electron chi connectivity index (χ4n) is 0.477. The van der Waals surface area contributed by atoms with Crippen molar-refractivity contribution in [1.29, 1.82) is 0 Å². The average molecular weight is 189 g/mol. The molecule has 0 aliphatic rings. The molecule has 0 aromatic carbocycles. The van der Waals surface area contributed by atoms with Gasteiger partial charge in [-0.05, 0) is 11.8 Å². The maximum atomic E-state index is 5.13. The standard InChI is InChI=1S/C8H13Br/c1-4-5-6-8(2,3)7-9/h1H,5-7H2,2-3H3. The summed E-state index contributed by atoms with van der Waals surface area (Å²) in [5.74, 6) is 2.64. The molecule has 0 spiro atoms. The quantitative estimate of drug-likeness (QED) is 0.473. The highest BCUT2D eigenvalue weighted by molar-refractivity contribution is 9.09. The molecule has 0 unspecified atom stereocenters. The van der Waals surface area contributed by atoms with Gasteiger partial charge in [-0.2, -0.15) is 0 Å². The Labute approximate surface area is 66.2 Å². The molecular weight excluding hydrogens is 176 g/mol. The molecule has 9 heavy (non-hydrogen) atoms. The van der Waals surface area contributed by atoms with Crippen LogP contribution in [0.5, 0.6) is 0 Å². The van der Waals surface area contributed by atoms with Crippen LogP contribution >= 0.6 is 15.9 Å². The molecule has 0 radical (unpaired) electrons. The molecule has 0 aromatic heterocycles. The second-order valence-corrected chi connectivity index (χ2v) is 3.56. The lowest BCUT2D eigenvalue weighted by Gasteiger charge is -2.19. The molecule has 0 atom stereocenters. The van der Waals surface area contributed by atoms with Crippen LogP contribution in [0.3, 0.4) is 0 Å². The number of alkyl halides is 1. The largest absolute Gasteiger partial charge is 0.120 e. The van der Waals surface area contributed by atoms with Crippen molar-refractivity contribution in [2.24, 2.45) is 5.41 Å². The number of terminal acetylenes is 1. The Kier molecular flexibility index (Phi) is 3.97. The lowest BCUT2D eigenvalue weighted by Crippen LogP contribution is -2.11. The van der Waals surface area contributed by atoms with Crippen LogP contribution in [0, 0.1) is 17.8 Å². The highest BCUT2D eigenvalue weighted by atomic mass is 79.9. The van der Waals surface area contributed by atoms with Crippen molar-refractivity contribution in [3.8, 4) is 12.3 Å². The number of hydrogen-bond donors (Lipinski definition) is 0. The minimum absolute atomic E-state index is 0.367. The van der Waals surface area contributed by atoms with E-state index < -0.39 is 0 Å². The van der Waals surface area contributed by atoms with Crippen LogP contribution in [0.15, 0.2) is 0 Å². The monoisotopic (exact) mass is 188 g/mol. The van der Waals surface area contributed by atoms with E-state index in [9.17, 15) is 0 Å². The summed E-state index contributed by atoms with van der Waals surface area (Å²) < 4.78 is 0. The van der Waals surface area contributed by atoms with E-state index in [1.165, 1.54) is 0 Å². The third-order valence-electron chi connectivity index (χ3n) is 1.31. The Morgan fingerprint density at radius 3 is 2.44 bits per heavy atom. The highest BCUT2D eigenvalue weighted by Gasteiger charge is 2.13. The van der Waals surface area contributed by atoms with Crippen molar-refractivity contribution in [3.05, 3.63) is 0 Å². The summed E-state index contributed by atoms with van der Waals surface area (Å²) in [5, 5.41) is 1.03. The predicted octanol–water partition coefficient (Wildman–Crippen LogP) is 2.82. The van der Waals surface area contributed by atoms with Gasteiger partial charge in [0.25, 0.3) is 0 Å². The van der Waals surface area contributed by atoms with Crippen LogP contribution in [-0.4, -0.2) is 5.33 Å². The first-order valence-corrected chi connectivity index (χ1v) is 4.24. The lowest BCUT2D eigenvalue weighted by atomic mass is 9.91. The van der Waals surface area contributed by atoms with Gasteiger partial charge in [0.15, 0.2) is 0 Å². The van der Waals surface area contributed by atoms with E-state index in [1.807, 2.05) is 0 Å². The Balaban J connectivity index is 3.48. The fraction of sp³-hybridized carbons (Fsp3) is 0.750. The Hall–Kier alpha value is 0.0400. The van der Waals surface area contributed by atoms with E-state index in [2.05, 4.69) is 35.7 Å². The SMILES string of the molecule is C#CCCC(C)(C)CBr.